The van der Waals surface area contributed by atoms with Crippen LogP contribution in [0.1, 0.15) is 11.3 Å². The molecule has 0 fully saturated rings. The number of nitrogens with zero attached hydrogens (tertiary/aromatic N) is 3. The number of imidazole rings is 1. The second kappa shape index (κ2) is 7.42. The van der Waals surface area contributed by atoms with Gasteiger partial charge < -0.3 is 9.40 Å². The molecule has 4 rings (SSSR count). The molecule has 0 aliphatic carbocycles. The first-order valence-electron chi connectivity index (χ1n) is 8.21. The van der Waals surface area contributed by atoms with Crippen molar-refractivity contribution >= 4 is 40.1 Å². The van der Waals surface area contributed by atoms with Crippen molar-refractivity contribution in [1.29, 1.82) is 5.26 Å². The van der Waals surface area contributed by atoms with Crippen LogP contribution in [0.2, 0.25) is 0 Å². The molecule has 2 heterocycles. The molecule has 0 spiro atoms. The highest BCUT2D eigenvalue weighted by molar-refractivity contribution is 7.99. The molecule has 0 atom stereocenters. The Morgan fingerprint density at radius 3 is 2.68 bits per heavy atom. The summed E-state index contributed by atoms with van der Waals surface area (Å²) in [4.78, 5) is 18.0. The van der Waals surface area contributed by atoms with E-state index in [0.29, 0.717) is 27.1 Å². The molecule has 1 N–H and O–H groups in total. The predicted molar refractivity (Wildman–Crippen MR) is 106 cm³/mol. The number of nitro groups is 1. The van der Waals surface area contributed by atoms with E-state index in [-0.39, 0.29) is 5.69 Å². The van der Waals surface area contributed by atoms with Crippen LogP contribution in [-0.4, -0.2) is 14.9 Å². The van der Waals surface area contributed by atoms with Crippen LogP contribution in [0.5, 0.6) is 0 Å². The number of nitrogens with one attached hydrogen (secondary N) is 1. The summed E-state index contributed by atoms with van der Waals surface area (Å²) in [6, 6.07) is 19.2. The lowest BCUT2D eigenvalue weighted by Gasteiger charge is -1.98. The SMILES string of the molecule is N#C/C(=C/c1ccc(Sc2nc3ccccc3[nH]2)o1)c1ccc([N+](=O)[O-])cc1. The van der Waals surface area contributed by atoms with Gasteiger partial charge in [0, 0.05) is 12.1 Å². The molecule has 0 radical (unpaired) electrons. The van der Waals surface area contributed by atoms with Gasteiger partial charge in [0.15, 0.2) is 10.2 Å². The van der Waals surface area contributed by atoms with Crippen LogP contribution in [0.3, 0.4) is 0 Å². The highest BCUT2D eigenvalue weighted by Gasteiger charge is 2.10. The highest BCUT2D eigenvalue weighted by atomic mass is 32.2. The largest absolute Gasteiger partial charge is 0.450 e. The first-order chi connectivity index (χ1) is 13.6. The van der Waals surface area contributed by atoms with E-state index in [4.69, 9.17) is 4.42 Å². The van der Waals surface area contributed by atoms with E-state index in [1.165, 1.54) is 23.9 Å². The molecule has 4 aromatic rings. The number of hydrogen-bond donors (Lipinski definition) is 1. The number of furan rings is 1. The van der Waals surface area contributed by atoms with Crippen LogP contribution >= 0.6 is 11.8 Å². The van der Waals surface area contributed by atoms with Crippen molar-refractivity contribution in [3.63, 3.8) is 0 Å². The maximum atomic E-state index is 10.8. The Labute approximate surface area is 163 Å². The van der Waals surface area contributed by atoms with Crippen LogP contribution < -0.4 is 0 Å². The van der Waals surface area contributed by atoms with E-state index < -0.39 is 4.92 Å². The van der Waals surface area contributed by atoms with Gasteiger partial charge in [0.05, 0.1) is 27.6 Å². The zero-order chi connectivity index (χ0) is 19.5. The average Bonchev–Trinajstić information content (AvgIpc) is 3.32. The van der Waals surface area contributed by atoms with Gasteiger partial charge in [-0.05, 0) is 59.8 Å². The number of non-ortho nitro benzene ring substituents is 1. The van der Waals surface area contributed by atoms with Crippen molar-refractivity contribution in [2.24, 2.45) is 0 Å². The summed E-state index contributed by atoms with van der Waals surface area (Å²) in [5.41, 5.74) is 2.73. The van der Waals surface area contributed by atoms with Crippen molar-refractivity contribution in [1.82, 2.24) is 9.97 Å². The van der Waals surface area contributed by atoms with Gasteiger partial charge >= 0.3 is 0 Å². The molecule has 0 amide bonds. The molecule has 0 bridgehead atoms. The summed E-state index contributed by atoms with van der Waals surface area (Å²) >= 11 is 1.35. The third kappa shape index (κ3) is 3.65. The Balaban J connectivity index is 1.55. The van der Waals surface area contributed by atoms with Crippen LogP contribution in [0, 0.1) is 21.4 Å². The number of nitro benzene ring substituents is 1. The van der Waals surface area contributed by atoms with Gasteiger partial charge in [-0.1, -0.05) is 12.1 Å². The summed E-state index contributed by atoms with van der Waals surface area (Å²) in [5.74, 6) is 0.508. The molecule has 0 saturated heterocycles. The summed E-state index contributed by atoms with van der Waals surface area (Å²) in [6.07, 6.45) is 1.60. The first-order valence-corrected chi connectivity index (χ1v) is 9.03. The second-order valence-electron chi connectivity index (χ2n) is 5.79. The van der Waals surface area contributed by atoms with E-state index in [1.807, 2.05) is 24.3 Å². The van der Waals surface area contributed by atoms with E-state index in [9.17, 15) is 15.4 Å². The van der Waals surface area contributed by atoms with Crippen LogP contribution in [-0.2, 0) is 0 Å². The Morgan fingerprint density at radius 2 is 1.96 bits per heavy atom. The van der Waals surface area contributed by atoms with E-state index >= 15 is 0 Å². The standard InChI is InChI=1S/C20H12N4O3S/c21-12-14(13-5-7-15(8-6-13)24(25)26)11-16-9-10-19(27-16)28-20-22-17-3-1-2-4-18(17)23-20/h1-11H,(H,22,23)/b14-11-. The smallest absolute Gasteiger partial charge is 0.269 e. The van der Waals surface area contributed by atoms with E-state index in [2.05, 4.69) is 16.0 Å². The topological polar surface area (TPSA) is 109 Å². The first kappa shape index (κ1) is 17.6. The number of H-pyrrole nitrogens is 1. The number of aromatic nitrogens is 2. The second-order valence-corrected chi connectivity index (χ2v) is 6.78. The number of fused-ring (bicyclic) bond motifs is 1. The Kier molecular flexibility index (Phi) is 4.66. The lowest BCUT2D eigenvalue weighted by molar-refractivity contribution is -0.384. The number of para-hydroxylation sites is 2. The lowest BCUT2D eigenvalue weighted by atomic mass is 10.1. The fourth-order valence-electron chi connectivity index (χ4n) is 2.62. The average molecular weight is 388 g/mol. The lowest BCUT2D eigenvalue weighted by Crippen LogP contribution is -1.88. The molecule has 0 unspecified atom stereocenters. The van der Waals surface area contributed by atoms with Gasteiger partial charge in [-0.25, -0.2) is 4.98 Å². The van der Waals surface area contributed by atoms with Crippen molar-refractivity contribution in [3.05, 3.63) is 82.1 Å². The number of rotatable bonds is 5. The fourth-order valence-corrected chi connectivity index (χ4v) is 3.39. The van der Waals surface area contributed by atoms with Gasteiger partial charge in [0.25, 0.3) is 5.69 Å². The molecule has 2 aromatic heterocycles. The number of nitriles is 1. The Bertz CT molecular complexity index is 1200. The molecule has 28 heavy (non-hydrogen) atoms. The zero-order valence-electron chi connectivity index (χ0n) is 14.3. The van der Waals surface area contributed by atoms with Gasteiger partial charge in [0.1, 0.15) is 5.76 Å². The van der Waals surface area contributed by atoms with Gasteiger partial charge in [0.2, 0.25) is 0 Å². The van der Waals surface area contributed by atoms with Crippen LogP contribution in [0.25, 0.3) is 22.7 Å². The van der Waals surface area contributed by atoms with Crippen molar-refractivity contribution < 1.29 is 9.34 Å². The van der Waals surface area contributed by atoms with Crippen molar-refractivity contribution in [2.75, 3.05) is 0 Å². The molecule has 0 saturated carbocycles. The third-order valence-electron chi connectivity index (χ3n) is 3.96. The normalized spacial score (nSPS) is 11.5. The molecule has 7 nitrogen and oxygen atoms in total. The summed E-state index contributed by atoms with van der Waals surface area (Å²) in [5, 5.41) is 21.5. The maximum Gasteiger partial charge on any atom is 0.269 e. The Hall–Kier alpha value is -3.83. The predicted octanol–water partition coefficient (Wildman–Crippen LogP) is 5.28. The van der Waals surface area contributed by atoms with E-state index in [1.54, 1.807) is 30.3 Å². The van der Waals surface area contributed by atoms with Crippen molar-refractivity contribution in [2.45, 2.75) is 10.2 Å². The number of aromatic amines is 1. The number of benzene rings is 2. The molecule has 8 heteroatoms. The van der Waals surface area contributed by atoms with E-state index in [0.717, 1.165) is 11.0 Å². The van der Waals surface area contributed by atoms with Crippen LogP contribution in [0.15, 0.2) is 75.3 Å². The highest BCUT2D eigenvalue weighted by Crippen LogP contribution is 2.30. The molecule has 0 aliphatic rings. The summed E-state index contributed by atoms with van der Waals surface area (Å²) in [6.45, 7) is 0. The zero-order valence-corrected chi connectivity index (χ0v) is 15.1. The summed E-state index contributed by atoms with van der Waals surface area (Å²) in [7, 11) is 0. The minimum atomic E-state index is -0.479. The minimum absolute atomic E-state index is 0.0245. The molecular weight excluding hydrogens is 376 g/mol. The van der Waals surface area contributed by atoms with Gasteiger partial charge in [-0.15, -0.1) is 0 Å². The Morgan fingerprint density at radius 1 is 1.18 bits per heavy atom. The molecule has 136 valence electrons. The maximum absolute atomic E-state index is 10.8. The molecule has 0 aliphatic heterocycles. The molecular formula is C20H12N4O3S. The monoisotopic (exact) mass is 388 g/mol. The fraction of sp³-hybridized carbons (Fsp3) is 0. The number of hydrogen-bond acceptors (Lipinski definition) is 6. The quantitative estimate of drug-likeness (QED) is 0.283. The van der Waals surface area contributed by atoms with Crippen molar-refractivity contribution in [3.8, 4) is 6.07 Å². The van der Waals surface area contributed by atoms with Crippen LogP contribution in [0.4, 0.5) is 5.69 Å². The third-order valence-corrected chi connectivity index (χ3v) is 4.77. The van der Waals surface area contributed by atoms with Gasteiger partial charge in [-0.2, -0.15) is 5.26 Å². The van der Waals surface area contributed by atoms with Gasteiger partial charge in [-0.3, -0.25) is 10.1 Å². The number of allylic oxidation sites excluding steroid dienone is 1. The minimum Gasteiger partial charge on any atom is -0.450 e. The molecule has 2 aromatic carbocycles. The summed E-state index contributed by atoms with van der Waals surface area (Å²) < 4.78 is 5.77.